The zero-order chi connectivity index (χ0) is 20.3. The van der Waals surface area contributed by atoms with Crippen LogP contribution in [0.2, 0.25) is 0 Å². The number of phenolic OH excluding ortho intramolecular Hbond substituents is 3. The molecule has 3 N–H and O–H groups in total. The van der Waals surface area contributed by atoms with Crippen LogP contribution in [-0.4, -0.2) is 15.3 Å². The van der Waals surface area contributed by atoms with Crippen molar-refractivity contribution in [3.8, 4) is 17.2 Å². The molecule has 0 spiro atoms. The maximum Gasteiger partial charge on any atom is 0.122 e. The number of hydrogen-bond donors (Lipinski definition) is 3. The molecule has 3 nitrogen and oxygen atoms in total. The quantitative estimate of drug-likeness (QED) is 0.538. The van der Waals surface area contributed by atoms with Crippen LogP contribution in [0.4, 0.5) is 0 Å². The third-order valence-electron chi connectivity index (χ3n) is 5.30. The Balaban J connectivity index is 1.94. The van der Waals surface area contributed by atoms with Crippen molar-refractivity contribution in [1.82, 2.24) is 0 Å². The molecule has 146 valence electrons. The molecular formula is C25H28O3. The third kappa shape index (κ3) is 4.14. The highest BCUT2D eigenvalue weighted by Crippen LogP contribution is 2.32. The molecule has 0 radical (unpaired) electrons. The van der Waals surface area contributed by atoms with Gasteiger partial charge in [-0.25, -0.2) is 0 Å². The van der Waals surface area contributed by atoms with Gasteiger partial charge in [-0.3, -0.25) is 0 Å². The van der Waals surface area contributed by atoms with Gasteiger partial charge in [0, 0.05) is 12.8 Å². The second kappa shape index (κ2) is 8.39. The van der Waals surface area contributed by atoms with E-state index >= 15 is 0 Å². The van der Waals surface area contributed by atoms with E-state index in [1.165, 1.54) is 0 Å². The van der Waals surface area contributed by atoms with Crippen molar-refractivity contribution in [1.29, 1.82) is 0 Å². The van der Waals surface area contributed by atoms with E-state index in [2.05, 4.69) is 0 Å². The molecule has 0 aromatic heterocycles. The molecule has 3 rings (SSSR count). The second-order valence-electron chi connectivity index (χ2n) is 7.38. The van der Waals surface area contributed by atoms with E-state index in [0.29, 0.717) is 24.3 Å². The Kier molecular flexibility index (Phi) is 5.93. The van der Waals surface area contributed by atoms with Crippen molar-refractivity contribution < 1.29 is 15.3 Å². The molecule has 0 amide bonds. The van der Waals surface area contributed by atoms with E-state index in [0.717, 1.165) is 51.8 Å². The monoisotopic (exact) mass is 376 g/mol. The molecule has 0 aliphatic rings. The fourth-order valence-corrected chi connectivity index (χ4v) is 3.73. The highest BCUT2D eigenvalue weighted by molar-refractivity contribution is 5.51. The van der Waals surface area contributed by atoms with E-state index in [4.69, 9.17) is 0 Å². The summed E-state index contributed by atoms with van der Waals surface area (Å²) in [7, 11) is 0. The summed E-state index contributed by atoms with van der Waals surface area (Å²) >= 11 is 0. The lowest BCUT2D eigenvalue weighted by molar-refractivity contribution is 0.456. The van der Waals surface area contributed by atoms with Gasteiger partial charge >= 0.3 is 0 Å². The predicted octanol–water partition coefficient (Wildman–Crippen LogP) is 5.42. The van der Waals surface area contributed by atoms with Crippen molar-refractivity contribution in [3.05, 3.63) is 87.5 Å². The van der Waals surface area contributed by atoms with Crippen LogP contribution in [-0.2, 0) is 25.7 Å². The summed E-state index contributed by atoms with van der Waals surface area (Å²) in [6, 6.07) is 15.4. The van der Waals surface area contributed by atoms with Gasteiger partial charge in [0.25, 0.3) is 0 Å². The average molecular weight is 376 g/mol. The first-order valence-electron chi connectivity index (χ1n) is 9.84. The van der Waals surface area contributed by atoms with Gasteiger partial charge in [0.1, 0.15) is 17.2 Å². The van der Waals surface area contributed by atoms with Crippen LogP contribution in [0, 0.1) is 6.92 Å². The SMILES string of the molecule is CCc1cc(Cc2cc(C)cc(Cc3cccc(CC)c3O)c2O)ccc1O. The Morgan fingerprint density at radius 1 is 0.643 bits per heavy atom. The summed E-state index contributed by atoms with van der Waals surface area (Å²) in [5.74, 6) is 0.906. The Bertz CT molecular complexity index is 989. The van der Waals surface area contributed by atoms with E-state index in [1.54, 1.807) is 6.07 Å². The molecule has 0 saturated heterocycles. The normalized spacial score (nSPS) is 11.0. The van der Waals surface area contributed by atoms with E-state index < -0.39 is 0 Å². The molecule has 3 aromatic carbocycles. The lowest BCUT2D eigenvalue weighted by atomic mass is 9.93. The van der Waals surface area contributed by atoms with Crippen LogP contribution < -0.4 is 0 Å². The van der Waals surface area contributed by atoms with Crippen molar-refractivity contribution in [2.24, 2.45) is 0 Å². The van der Waals surface area contributed by atoms with Gasteiger partial charge in [-0.2, -0.15) is 0 Å². The zero-order valence-electron chi connectivity index (χ0n) is 16.8. The van der Waals surface area contributed by atoms with E-state index in [-0.39, 0.29) is 5.75 Å². The smallest absolute Gasteiger partial charge is 0.122 e. The minimum absolute atomic E-state index is 0.276. The van der Waals surface area contributed by atoms with Gasteiger partial charge < -0.3 is 15.3 Å². The minimum Gasteiger partial charge on any atom is -0.508 e. The first kappa shape index (κ1) is 19.8. The lowest BCUT2D eigenvalue weighted by Crippen LogP contribution is -1.98. The summed E-state index contributed by atoms with van der Waals surface area (Å²) < 4.78 is 0. The number of aromatic hydroxyl groups is 3. The maximum absolute atomic E-state index is 10.9. The molecular weight excluding hydrogens is 348 g/mol. The minimum atomic E-state index is 0.276. The molecule has 0 aliphatic carbocycles. The molecule has 0 heterocycles. The first-order chi connectivity index (χ1) is 13.4. The lowest BCUT2D eigenvalue weighted by Gasteiger charge is -2.14. The summed E-state index contributed by atoms with van der Waals surface area (Å²) in [6.45, 7) is 6.05. The largest absolute Gasteiger partial charge is 0.508 e. The maximum atomic E-state index is 10.9. The predicted molar refractivity (Wildman–Crippen MR) is 113 cm³/mol. The summed E-state index contributed by atoms with van der Waals surface area (Å²) in [5.41, 5.74) is 6.44. The first-order valence-corrected chi connectivity index (χ1v) is 9.84. The Hall–Kier alpha value is -2.94. The molecule has 0 unspecified atom stereocenters. The number of rotatable bonds is 6. The van der Waals surface area contributed by atoms with Gasteiger partial charge in [-0.1, -0.05) is 61.9 Å². The fraction of sp³-hybridized carbons (Fsp3) is 0.280. The van der Waals surface area contributed by atoms with Crippen LogP contribution in [0.1, 0.15) is 52.8 Å². The van der Waals surface area contributed by atoms with Crippen molar-refractivity contribution in [2.45, 2.75) is 46.5 Å². The third-order valence-corrected chi connectivity index (χ3v) is 5.30. The number of phenols is 3. The van der Waals surface area contributed by atoms with Crippen molar-refractivity contribution >= 4 is 0 Å². The standard InChI is InChI=1S/C25H28O3/c1-4-18-7-6-8-20(24(18)27)15-22-12-16(3)11-21(25(22)28)14-17-9-10-23(26)19(5-2)13-17/h6-13,26-28H,4-5,14-15H2,1-3H3. The van der Waals surface area contributed by atoms with Crippen LogP contribution in [0.5, 0.6) is 17.2 Å². The molecule has 3 heteroatoms. The summed E-state index contributed by atoms with van der Waals surface area (Å²) in [6.07, 6.45) is 2.61. The van der Waals surface area contributed by atoms with E-state index in [1.807, 2.05) is 63.2 Å². The van der Waals surface area contributed by atoms with Crippen LogP contribution in [0.15, 0.2) is 48.5 Å². The Morgan fingerprint density at radius 3 is 1.93 bits per heavy atom. The number of benzene rings is 3. The molecule has 0 aliphatic heterocycles. The van der Waals surface area contributed by atoms with Gasteiger partial charge in [0.2, 0.25) is 0 Å². The number of para-hydroxylation sites is 1. The topological polar surface area (TPSA) is 60.7 Å². The fourth-order valence-electron chi connectivity index (χ4n) is 3.73. The molecule has 28 heavy (non-hydrogen) atoms. The second-order valence-corrected chi connectivity index (χ2v) is 7.38. The van der Waals surface area contributed by atoms with Crippen LogP contribution in [0.3, 0.4) is 0 Å². The summed E-state index contributed by atoms with van der Waals surface area (Å²) in [5, 5.41) is 31.3. The number of hydrogen-bond acceptors (Lipinski definition) is 3. The molecule has 0 bridgehead atoms. The molecule has 0 atom stereocenters. The molecule has 0 saturated carbocycles. The Morgan fingerprint density at radius 2 is 1.25 bits per heavy atom. The number of aryl methyl sites for hydroxylation is 3. The highest BCUT2D eigenvalue weighted by atomic mass is 16.3. The van der Waals surface area contributed by atoms with Gasteiger partial charge in [-0.15, -0.1) is 0 Å². The molecule has 0 fully saturated rings. The van der Waals surface area contributed by atoms with Crippen molar-refractivity contribution in [2.75, 3.05) is 0 Å². The zero-order valence-corrected chi connectivity index (χ0v) is 16.8. The van der Waals surface area contributed by atoms with Gasteiger partial charge in [0.05, 0.1) is 0 Å². The van der Waals surface area contributed by atoms with Gasteiger partial charge in [0.15, 0.2) is 0 Å². The average Bonchev–Trinajstić information content (AvgIpc) is 2.68. The Labute approximate surface area is 166 Å². The highest BCUT2D eigenvalue weighted by Gasteiger charge is 2.14. The van der Waals surface area contributed by atoms with Gasteiger partial charge in [-0.05, 0) is 59.2 Å². The molecule has 3 aromatic rings. The van der Waals surface area contributed by atoms with Crippen LogP contribution >= 0.6 is 0 Å². The summed E-state index contributed by atoms with van der Waals surface area (Å²) in [4.78, 5) is 0. The van der Waals surface area contributed by atoms with Crippen LogP contribution in [0.25, 0.3) is 0 Å². The van der Waals surface area contributed by atoms with E-state index in [9.17, 15) is 15.3 Å². The van der Waals surface area contributed by atoms with Crippen molar-refractivity contribution in [3.63, 3.8) is 0 Å².